The molecule has 0 amide bonds. The molecule has 0 bridgehead atoms. The van der Waals surface area contributed by atoms with Gasteiger partial charge in [0.05, 0.1) is 21.1 Å². The fourth-order valence-electron chi connectivity index (χ4n) is 2.02. The van der Waals surface area contributed by atoms with Crippen molar-refractivity contribution in [3.63, 3.8) is 0 Å². The molecular formula is C15H13Cl3FN. The second-order valence-electron chi connectivity index (χ2n) is 4.34. The predicted molar refractivity (Wildman–Crippen MR) is 83.4 cm³/mol. The lowest BCUT2D eigenvalue weighted by atomic mass is 9.98. The van der Waals surface area contributed by atoms with Crippen LogP contribution in [0.3, 0.4) is 0 Å². The minimum Gasteiger partial charge on any atom is -0.307 e. The second-order valence-corrected chi connectivity index (χ2v) is 5.56. The summed E-state index contributed by atoms with van der Waals surface area (Å²) in [5, 5.41) is 4.37. The Morgan fingerprint density at radius 2 is 1.55 bits per heavy atom. The molecule has 0 aliphatic carbocycles. The molecule has 1 atom stereocenters. The zero-order chi connectivity index (χ0) is 14.7. The lowest BCUT2D eigenvalue weighted by molar-refractivity contribution is 0.603. The summed E-state index contributed by atoms with van der Waals surface area (Å²) in [6.45, 7) is 2.71. The van der Waals surface area contributed by atoms with Crippen LogP contribution < -0.4 is 5.32 Å². The van der Waals surface area contributed by atoms with Crippen LogP contribution in [-0.4, -0.2) is 6.54 Å². The van der Waals surface area contributed by atoms with Gasteiger partial charge >= 0.3 is 0 Å². The van der Waals surface area contributed by atoms with Gasteiger partial charge < -0.3 is 5.32 Å². The molecule has 2 rings (SSSR count). The molecule has 1 unspecified atom stereocenters. The van der Waals surface area contributed by atoms with Gasteiger partial charge in [-0.1, -0.05) is 53.9 Å². The summed E-state index contributed by atoms with van der Waals surface area (Å²) in [6, 6.07) is 9.99. The minimum atomic E-state index is -0.438. The Kier molecular flexibility index (Phi) is 5.28. The van der Waals surface area contributed by atoms with Crippen molar-refractivity contribution < 1.29 is 4.39 Å². The third-order valence-electron chi connectivity index (χ3n) is 2.96. The van der Waals surface area contributed by atoms with Gasteiger partial charge in [-0.05, 0) is 41.9 Å². The van der Waals surface area contributed by atoms with Gasteiger partial charge in [0.25, 0.3) is 0 Å². The van der Waals surface area contributed by atoms with Crippen LogP contribution in [0.5, 0.6) is 0 Å². The van der Waals surface area contributed by atoms with Crippen LogP contribution in [0.4, 0.5) is 4.39 Å². The maximum atomic E-state index is 13.6. The molecule has 0 aromatic heterocycles. The molecule has 2 aromatic rings. The van der Waals surface area contributed by atoms with E-state index in [-0.39, 0.29) is 11.1 Å². The molecule has 0 saturated carbocycles. The van der Waals surface area contributed by atoms with Crippen LogP contribution in [0.2, 0.25) is 15.1 Å². The molecule has 0 spiro atoms. The zero-order valence-corrected chi connectivity index (χ0v) is 13.0. The molecule has 0 radical (unpaired) electrons. The van der Waals surface area contributed by atoms with Crippen molar-refractivity contribution in [1.82, 2.24) is 5.32 Å². The first-order chi connectivity index (χ1) is 9.52. The number of halogens is 4. The van der Waals surface area contributed by atoms with E-state index in [1.165, 1.54) is 6.07 Å². The molecule has 1 N–H and O–H groups in total. The molecule has 0 aliphatic rings. The Balaban J connectivity index is 2.44. The molecule has 106 valence electrons. The molecule has 0 saturated heterocycles. The molecule has 1 nitrogen and oxygen atoms in total. The summed E-state index contributed by atoms with van der Waals surface area (Å²) in [7, 11) is 0. The largest absolute Gasteiger partial charge is 0.307 e. The van der Waals surface area contributed by atoms with E-state index in [0.717, 1.165) is 17.7 Å². The molecule has 0 aliphatic heterocycles. The number of benzene rings is 2. The average Bonchev–Trinajstić information content (AvgIpc) is 2.43. The van der Waals surface area contributed by atoms with E-state index in [1.807, 2.05) is 13.0 Å². The van der Waals surface area contributed by atoms with E-state index < -0.39 is 5.82 Å². The van der Waals surface area contributed by atoms with Crippen molar-refractivity contribution >= 4 is 34.8 Å². The molecule has 0 fully saturated rings. The molecule has 0 heterocycles. The van der Waals surface area contributed by atoms with Crippen molar-refractivity contribution in [3.05, 3.63) is 68.4 Å². The highest BCUT2D eigenvalue weighted by atomic mass is 35.5. The van der Waals surface area contributed by atoms with Crippen molar-refractivity contribution in [2.45, 2.75) is 13.0 Å². The van der Waals surface area contributed by atoms with E-state index in [1.54, 1.807) is 24.3 Å². The van der Waals surface area contributed by atoms with Crippen LogP contribution in [0.1, 0.15) is 24.1 Å². The van der Waals surface area contributed by atoms with Gasteiger partial charge in [-0.15, -0.1) is 0 Å². The summed E-state index contributed by atoms with van der Waals surface area (Å²) in [5.41, 5.74) is 1.70. The Hall–Kier alpha value is -0.800. The molecule has 2 aromatic carbocycles. The number of hydrogen-bond donors (Lipinski definition) is 1. The monoisotopic (exact) mass is 331 g/mol. The molecule has 20 heavy (non-hydrogen) atoms. The van der Waals surface area contributed by atoms with Gasteiger partial charge in [0, 0.05) is 0 Å². The normalized spacial score (nSPS) is 12.4. The van der Waals surface area contributed by atoms with E-state index in [9.17, 15) is 4.39 Å². The fraction of sp³-hybridized carbons (Fsp3) is 0.200. The fourth-order valence-corrected chi connectivity index (χ4v) is 2.44. The van der Waals surface area contributed by atoms with Crippen LogP contribution in [0.15, 0.2) is 36.4 Å². The van der Waals surface area contributed by atoms with E-state index in [4.69, 9.17) is 34.8 Å². The maximum absolute atomic E-state index is 13.6. The van der Waals surface area contributed by atoms with E-state index in [2.05, 4.69) is 5.32 Å². The quantitative estimate of drug-likeness (QED) is 0.781. The van der Waals surface area contributed by atoms with Crippen LogP contribution in [-0.2, 0) is 0 Å². The first-order valence-electron chi connectivity index (χ1n) is 6.16. The lowest BCUT2D eigenvalue weighted by Gasteiger charge is -2.19. The summed E-state index contributed by atoms with van der Waals surface area (Å²) in [6.07, 6.45) is 0. The summed E-state index contributed by atoms with van der Waals surface area (Å²) < 4.78 is 13.6. The zero-order valence-electron chi connectivity index (χ0n) is 10.8. The van der Waals surface area contributed by atoms with E-state index >= 15 is 0 Å². The van der Waals surface area contributed by atoms with Gasteiger partial charge in [-0.25, -0.2) is 4.39 Å². The minimum absolute atomic E-state index is 0.109. The summed E-state index contributed by atoms with van der Waals surface area (Å²) in [5.74, 6) is -0.438. The van der Waals surface area contributed by atoms with Gasteiger partial charge in [0.2, 0.25) is 0 Å². The first kappa shape index (κ1) is 15.6. The summed E-state index contributed by atoms with van der Waals surface area (Å²) >= 11 is 17.7. The van der Waals surface area contributed by atoms with Crippen molar-refractivity contribution in [2.75, 3.05) is 6.54 Å². The standard InChI is InChI=1S/C15H13Cl3FN/c1-2-20-15(9-3-5-11(16)13(18)7-9)10-4-6-12(17)14(19)8-10/h3-8,15,20H,2H2,1H3. The topological polar surface area (TPSA) is 12.0 Å². The third-order valence-corrected chi connectivity index (χ3v) is 4.01. The summed E-state index contributed by atoms with van der Waals surface area (Å²) in [4.78, 5) is 0. The SMILES string of the molecule is CCNC(c1ccc(Cl)c(F)c1)c1ccc(Cl)c(Cl)c1. The van der Waals surface area contributed by atoms with Gasteiger partial charge in [-0.2, -0.15) is 0 Å². The van der Waals surface area contributed by atoms with E-state index in [0.29, 0.717) is 10.0 Å². The molecular weight excluding hydrogens is 320 g/mol. The van der Waals surface area contributed by atoms with Gasteiger partial charge in [0.1, 0.15) is 5.82 Å². The van der Waals surface area contributed by atoms with Gasteiger partial charge in [0.15, 0.2) is 0 Å². The predicted octanol–water partition coefficient (Wildman–Crippen LogP) is 5.48. The third kappa shape index (κ3) is 3.44. The highest BCUT2D eigenvalue weighted by molar-refractivity contribution is 6.42. The number of hydrogen-bond acceptors (Lipinski definition) is 1. The van der Waals surface area contributed by atoms with Crippen molar-refractivity contribution in [3.8, 4) is 0 Å². The number of nitrogens with one attached hydrogen (secondary N) is 1. The highest BCUT2D eigenvalue weighted by Gasteiger charge is 2.15. The van der Waals surface area contributed by atoms with Crippen LogP contribution in [0.25, 0.3) is 0 Å². The highest BCUT2D eigenvalue weighted by Crippen LogP contribution is 2.30. The Bertz CT molecular complexity index is 565. The Morgan fingerprint density at radius 1 is 0.950 bits per heavy atom. The van der Waals surface area contributed by atoms with Gasteiger partial charge in [-0.3, -0.25) is 0 Å². The average molecular weight is 333 g/mol. The molecule has 5 heteroatoms. The van der Waals surface area contributed by atoms with Crippen molar-refractivity contribution in [2.24, 2.45) is 0 Å². The Morgan fingerprint density at radius 3 is 2.10 bits per heavy atom. The number of rotatable bonds is 4. The maximum Gasteiger partial charge on any atom is 0.142 e. The van der Waals surface area contributed by atoms with Crippen molar-refractivity contribution in [1.29, 1.82) is 0 Å². The smallest absolute Gasteiger partial charge is 0.142 e. The lowest BCUT2D eigenvalue weighted by Crippen LogP contribution is -2.22. The van der Waals surface area contributed by atoms with Crippen LogP contribution in [0, 0.1) is 5.82 Å². The first-order valence-corrected chi connectivity index (χ1v) is 7.29. The van der Waals surface area contributed by atoms with Crippen LogP contribution >= 0.6 is 34.8 Å². The Labute approximate surface area is 132 Å². The second kappa shape index (κ2) is 6.77.